The molecule has 0 saturated heterocycles. The van der Waals surface area contributed by atoms with Gasteiger partial charge >= 0.3 is 0 Å². The quantitative estimate of drug-likeness (QED) is 0.629. The maximum Gasteiger partial charge on any atom is 0.193 e. The van der Waals surface area contributed by atoms with Gasteiger partial charge in [0.2, 0.25) is 0 Å². The normalized spacial score (nSPS) is 13.1. The minimum atomic E-state index is 0.488. The van der Waals surface area contributed by atoms with Crippen molar-refractivity contribution in [1.82, 2.24) is 20.0 Å². The van der Waals surface area contributed by atoms with Gasteiger partial charge in [0.25, 0.3) is 0 Å². The Hall–Kier alpha value is -1.82. The summed E-state index contributed by atoms with van der Waals surface area (Å²) in [7, 11) is 3.92. The smallest absolute Gasteiger partial charge is 0.193 e. The van der Waals surface area contributed by atoms with Crippen LogP contribution in [-0.4, -0.2) is 47.8 Å². The van der Waals surface area contributed by atoms with Crippen molar-refractivity contribution in [3.05, 3.63) is 40.8 Å². The van der Waals surface area contributed by atoms with Gasteiger partial charge in [-0.3, -0.25) is 9.67 Å². The summed E-state index contributed by atoms with van der Waals surface area (Å²) in [5, 5.41) is 9.82. The van der Waals surface area contributed by atoms with Crippen LogP contribution in [0.15, 0.2) is 41.0 Å². The number of nitrogens with one attached hydrogen (secondary N) is 1. The van der Waals surface area contributed by atoms with Crippen LogP contribution in [0.2, 0.25) is 0 Å². The highest BCUT2D eigenvalue weighted by atomic mass is 32.1. The summed E-state index contributed by atoms with van der Waals surface area (Å²) in [6.45, 7) is 4.98. The first-order valence-electron chi connectivity index (χ1n) is 7.60. The van der Waals surface area contributed by atoms with Crippen LogP contribution in [-0.2, 0) is 13.0 Å². The molecule has 6 heteroatoms. The van der Waals surface area contributed by atoms with Crippen LogP contribution in [0.4, 0.5) is 0 Å². The van der Waals surface area contributed by atoms with E-state index in [2.05, 4.69) is 51.8 Å². The van der Waals surface area contributed by atoms with E-state index in [-0.39, 0.29) is 0 Å². The SMILES string of the molecule is CN=C(NCC(C)Cn1cccn1)N(C)CCc1cccs1. The first kappa shape index (κ1) is 16.5. The van der Waals surface area contributed by atoms with Crippen LogP contribution in [0, 0.1) is 5.92 Å². The van der Waals surface area contributed by atoms with Crippen molar-refractivity contribution in [3.8, 4) is 0 Å². The molecule has 1 atom stereocenters. The second-order valence-corrected chi connectivity index (χ2v) is 6.54. The number of rotatable bonds is 7. The summed E-state index contributed by atoms with van der Waals surface area (Å²) in [6.07, 6.45) is 4.87. The van der Waals surface area contributed by atoms with E-state index in [1.807, 2.05) is 41.5 Å². The van der Waals surface area contributed by atoms with Gasteiger partial charge in [-0.15, -0.1) is 11.3 Å². The fourth-order valence-electron chi connectivity index (χ4n) is 2.28. The third-order valence-electron chi connectivity index (χ3n) is 3.51. The highest BCUT2D eigenvalue weighted by Crippen LogP contribution is 2.09. The zero-order chi connectivity index (χ0) is 15.8. The first-order chi connectivity index (χ1) is 10.7. The molecular formula is C16H25N5S. The molecule has 0 aliphatic carbocycles. The van der Waals surface area contributed by atoms with Crippen LogP contribution < -0.4 is 5.32 Å². The Morgan fingerprint density at radius 1 is 1.50 bits per heavy atom. The van der Waals surface area contributed by atoms with Gasteiger partial charge in [-0.2, -0.15) is 5.10 Å². The van der Waals surface area contributed by atoms with E-state index >= 15 is 0 Å². The molecule has 1 unspecified atom stereocenters. The maximum atomic E-state index is 4.37. The highest BCUT2D eigenvalue weighted by molar-refractivity contribution is 7.09. The standard InChI is InChI=1S/C16H25N5S/c1-14(13-21-9-5-8-19-21)12-18-16(17-2)20(3)10-7-15-6-4-11-22-15/h4-6,8-9,11,14H,7,10,12-13H2,1-3H3,(H,17,18). The number of aliphatic imine (C=N–C) groups is 1. The number of hydrogen-bond acceptors (Lipinski definition) is 3. The van der Waals surface area contributed by atoms with Crippen LogP contribution in [0.1, 0.15) is 11.8 Å². The summed E-state index contributed by atoms with van der Waals surface area (Å²) >= 11 is 1.81. The van der Waals surface area contributed by atoms with Crippen LogP contribution in [0.25, 0.3) is 0 Å². The molecule has 0 bridgehead atoms. The van der Waals surface area contributed by atoms with Crippen molar-refractivity contribution < 1.29 is 0 Å². The van der Waals surface area contributed by atoms with Crippen molar-refractivity contribution in [2.45, 2.75) is 19.9 Å². The molecule has 0 spiro atoms. The second kappa shape index (κ2) is 8.58. The molecule has 2 aromatic heterocycles. The molecule has 22 heavy (non-hydrogen) atoms. The van der Waals surface area contributed by atoms with E-state index in [9.17, 15) is 0 Å². The molecule has 2 aromatic rings. The zero-order valence-electron chi connectivity index (χ0n) is 13.6. The Bertz CT molecular complexity index is 547. The molecule has 0 saturated carbocycles. The lowest BCUT2D eigenvalue weighted by atomic mass is 10.2. The van der Waals surface area contributed by atoms with Crippen LogP contribution in [0.3, 0.4) is 0 Å². The van der Waals surface area contributed by atoms with Gasteiger partial charge in [0.15, 0.2) is 5.96 Å². The molecule has 0 amide bonds. The fourth-order valence-corrected chi connectivity index (χ4v) is 2.98. The van der Waals surface area contributed by atoms with Gasteiger partial charge in [0.05, 0.1) is 0 Å². The third-order valence-corrected chi connectivity index (χ3v) is 4.45. The van der Waals surface area contributed by atoms with E-state index in [1.54, 1.807) is 0 Å². The van der Waals surface area contributed by atoms with E-state index in [4.69, 9.17) is 0 Å². The maximum absolute atomic E-state index is 4.37. The average molecular weight is 319 g/mol. The highest BCUT2D eigenvalue weighted by Gasteiger charge is 2.09. The van der Waals surface area contributed by atoms with Gasteiger partial charge in [-0.25, -0.2) is 0 Å². The number of thiophene rings is 1. The third kappa shape index (κ3) is 5.18. The Balaban J connectivity index is 1.73. The fraction of sp³-hybridized carbons (Fsp3) is 0.500. The summed E-state index contributed by atoms with van der Waals surface area (Å²) in [5.74, 6) is 1.44. The first-order valence-corrected chi connectivity index (χ1v) is 8.48. The largest absolute Gasteiger partial charge is 0.356 e. The summed E-state index contributed by atoms with van der Waals surface area (Å²) in [4.78, 5) is 7.96. The monoisotopic (exact) mass is 319 g/mol. The summed E-state index contributed by atoms with van der Waals surface area (Å²) < 4.78 is 1.97. The van der Waals surface area contributed by atoms with Crippen molar-refractivity contribution in [3.63, 3.8) is 0 Å². The van der Waals surface area contributed by atoms with Crippen LogP contribution >= 0.6 is 11.3 Å². The van der Waals surface area contributed by atoms with Gasteiger partial charge in [-0.1, -0.05) is 13.0 Å². The van der Waals surface area contributed by atoms with Crippen molar-refractivity contribution >= 4 is 17.3 Å². The minimum absolute atomic E-state index is 0.488. The summed E-state index contributed by atoms with van der Waals surface area (Å²) in [5.41, 5.74) is 0. The molecule has 0 aliphatic heterocycles. The predicted molar refractivity (Wildman–Crippen MR) is 93.4 cm³/mol. The lowest BCUT2D eigenvalue weighted by molar-refractivity contribution is 0.426. The van der Waals surface area contributed by atoms with E-state index < -0.39 is 0 Å². The molecule has 0 aromatic carbocycles. The van der Waals surface area contributed by atoms with E-state index in [1.165, 1.54) is 4.88 Å². The average Bonchev–Trinajstić information content (AvgIpc) is 3.19. The van der Waals surface area contributed by atoms with Gasteiger partial charge in [0.1, 0.15) is 0 Å². The molecule has 5 nitrogen and oxygen atoms in total. The number of nitrogens with zero attached hydrogens (tertiary/aromatic N) is 4. The summed E-state index contributed by atoms with van der Waals surface area (Å²) in [6, 6.07) is 6.24. The van der Waals surface area contributed by atoms with Gasteiger partial charge in [-0.05, 0) is 29.9 Å². The Morgan fingerprint density at radius 2 is 2.36 bits per heavy atom. The molecule has 1 N–H and O–H groups in total. The number of likely N-dealkylation sites (N-methyl/N-ethyl adjacent to an activating group) is 1. The molecule has 0 aliphatic rings. The Morgan fingerprint density at radius 3 is 3.00 bits per heavy atom. The van der Waals surface area contributed by atoms with Gasteiger partial charge in [0, 0.05) is 51.0 Å². The predicted octanol–water partition coefficient (Wildman–Crippen LogP) is 2.33. The molecule has 0 fully saturated rings. The van der Waals surface area contributed by atoms with Crippen molar-refractivity contribution in [2.24, 2.45) is 10.9 Å². The second-order valence-electron chi connectivity index (χ2n) is 5.51. The number of hydrogen-bond donors (Lipinski definition) is 1. The zero-order valence-corrected chi connectivity index (χ0v) is 14.4. The molecule has 2 rings (SSSR count). The lowest BCUT2D eigenvalue weighted by Gasteiger charge is -2.23. The number of guanidine groups is 1. The molecule has 120 valence electrons. The van der Waals surface area contributed by atoms with E-state index in [0.717, 1.165) is 32.0 Å². The van der Waals surface area contributed by atoms with Gasteiger partial charge < -0.3 is 10.2 Å². The minimum Gasteiger partial charge on any atom is -0.356 e. The van der Waals surface area contributed by atoms with E-state index in [0.29, 0.717) is 5.92 Å². The Kier molecular flexibility index (Phi) is 6.45. The van der Waals surface area contributed by atoms with Crippen LogP contribution in [0.5, 0.6) is 0 Å². The van der Waals surface area contributed by atoms with Crippen molar-refractivity contribution in [2.75, 3.05) is 27.2 Å². The topological polar surface area (TPSA) is 45.5 Å². The lowest BCUT2D eigenvalue weighted by Crippen LogP contribution is -2.42. The van der Waals surface area contributed by atoms with Crippen molar-refractivity contribution in [1.29, 1.82) is 0 Å². The number of aromatic nitrogens is 2. The Labute approximate surface area is 136 Å². The molecular weight excluding hydrogens is 294 g/mol. The molecule has 2 heterocycles. The molecule has 0 radical (unpaired) electrons.